The Hall–Kier alpha value is -2.80. The number of hydrogen-bond acceptors (Lipinski definition) is 7. The van der Waals surface area contributed by atoms with Crippen LogP contribution in [0.1, 0.15) is 37.3 Å². The van der Waals surface area contributed by atoms with Crippen molar-refractivity contribution in [1.82, 2.24) is 10.2 Å². The fraction of sp³-hybridized carbons (Fsp3) is 0.531. The Kier molecular flexibility index (Phi) is 8.40. The quantitative estimate of drug-likeness (QED) is 0.398. The predicted octanol–water partition coefficient (Wildman–Crippen LogP) is 2.99. The van der Waals surface area contributed by atoms with Crippen molar-refractivity contribution >= 4 is 49.0 Å². The normalized spacial score (nSPS) is 28.8. The molecule has 4 aliphatic rings. The lowest BCUT2D eigenvalue weighted by Crippen LogP contribution is -2.48. The van der Waals surface area contributed by atoms with Crippen molar-refractivity contribution in [1.29, 1.82) is 0 Å². The van der Waals surface area contributed by atoms with Crippen LogP contribution in [0.15, 0.2) is 42.5 Å². The van der Waals surface area contributed by atoms with Crippen LogP contribution >= 0.6 is 11.6 Å². The lowest BCUT2D eigenvalue weighted by atomic mass is 9.82. The Morgan fingerprint density at radius 1 is 1.18 bits per heavy atom. The van der Waals surface area contributed by atoms with E-state index in [-0.39, 0.29) is 49.9 Å². The molecule has 4 aliphatic heterocycles. The van der Waals surface area contributed by atoms with E-state index in [9.17, 15) is 24.3 Å². The van der Waals surface area contributed by atoms with Crippen molar-refractivity contribution < 1.29 is 29.0 Å². The van der Waals surface area contributed by atoms with Gasteiger partial charge in [0.25, 0.3) is 5.91 Å². The van der Waals surface area contributed by atoms with Crippen LogP contribution in [0.4, 0.5) is 11.4 Å². The zero-order chi connectivity index (χ0) is 31.4. The fourth-order valence-corrected chi connectivity index (χ4v) is 10.7. The van der Waals surface area contributed by atoms with Gasteiger partial charge in [-0.25, -0.2) is 0 Å². The van der Waals surface area contributed by atoms with Crippen molar-refractivity contribution in [2.75, 3.05) is 42.6 Å². The molecule has 2 aromatic rings. The lowest BCUT2D eigenvalue weighted by Gasteiger charge is -2.33. The van der Waals surface area contributed by atoms with Crippen LogP contribution in [0.5, 0.6) is 0 Å². The molecule has 44 heavy (non-hydrogen) atoms. The molecule has 236 valence electrons. The molecule has 10 nitrogen and oxygen atoms in total. The van der Waals surface area contributed by atoms with Crippen LogP contribution in [-0.2, 0) is 31.3 Å². The largest absolute Gasteiger partial charge is 0.432 e. The highest BCUT2D eigenvalue weighted by Crippen LogP contribution is 2.60. The number of anilines is 2. The molecule has 6 rings (SSSR count). The number of piperazine rings is 1. The minimum atomic E-state index is -2.96. The van der Waals surface area contributed by atoms with Gasteiger partial charge in [-0.15, -0.1) is 0 Å². The maximum Gasteiger partial charge on any atom is 0.264 e. The van der Waals surface area contributed by atoms with Gasteiger partial charge in [0, 0.05) is 47.4 Å². The van der Waals surface area contributed by atoms with Gasteiger partial charge >= 0.3 is 0 Å². The highest BCUT2D eigenvalue weighted by atomic mass is 35.5. The van der Waals surface area contributed by atoms with Gasteiger partial charge in [-0.05, 0) is 61.8 Å². The van der Waals surface area contributed by atoms with E-state index >= 15 is 0 Å². The van der Waals surface area contributed by atoms with E-state index in [0.717, 1.165) is 24.1 Å². The second kappa shape index (κ2) is 11.8. The van der Waals surface area contributed by atoms with Gasteiger partial charge in [0.05, 0.1) is 44.0 Å². The first kappa shape index (κ1) is 31.2. The van der Waals surface area contributed by atoms with E-state index in [1.165, 1.54) is 0 Å². The molecule has 4 heterocycles. The summed E-state index contributed by atoms with van der Waals surface area (Å²) in [7, 11) is -2.96. The third-order valence-electron chi connectivity index (χ3n) is 9.88. The van der Waals surface area contributed by atoms with E-state index in [0.29, 0.717) is 35.9 Å². The van der Waals surface area contributed by atoms with Gasteiger partial charge < -0.3 is 34.7 Å². The molecule has 0 saturated carbocycles. The SMILES string of the molecule is C[C@H]1[C@H]([Si](C)(C)O)[C@@H](CC(=O)N2CCC[C@H]2CO)O[C@]12C(=O)N(Cc1cccc(N3CCNCC3=O)c1)c1ccc(Cl)cc12. The summed E-state index contributed by atoms with van der Waals surface area (Å²) in [4.78, 5) is 57.5. The molecule has 5 atom stereocenters. The Bertz CT molecular complexity index is 1470. The molecule has 3 N–H and O–H groups in total. The van der Waals surface area contributed by atoms with Gasteiger partial charge in [0.1, 0.15) is 0 Å². The van der Waals surface area contributed by atoms with Crippen LogP contribution in [0.3, 0.4) is 0 Å². The average molecular weight is 641 g/mol. The number of carbonyl (C=O) groups excluding carboxylic acids is 3. The number of hydrogen-bond donors (Lipinski definition) is 3. The topological polar surface area (TPSA) is 123 Å². The Labute approximate surface area is 264 Å². The molecular formula is C32H41ClN4O6Si. The third kappa shape index (κ3) is 5.27. The second-order valence-corrected chi connectivity index (χ2v) is 17.5. The molecule has 1 spiro atoms. The van der Waals surface area contributed by atoms with Gasteiger partial charge in [0.15, 0.2) is 13.9 Å². The second-order valence-electron chi connectivity index (χ2n) is 13.1. The zero-order valence-corrected chi connectivity index (χ0v) is 27.2. The van der Waals surface area contributed by atoms with Crippen molar-refractivity contribution in [2.24, 2.45) is 5.92 Å². The van der Waals surface area contributed by atoms with Crippen LogP contribution < -0.4 is 15.1 Å². The molecule has 0 bridgehead atoms. The van der Waals surface area contributed by atoms with Crippen LogP contribution in [0, 0.1) is 5.92 Å². The number of ether oxygens (including phenoxy) is 1. The summed E-state index contributed by atoms with van der Waals surface area (Å²) >= 11 is 6.52. The summed E-state index contributed by atoms with van der Waals surface area (Å²) in [6.45, 7) is 7.90. The number of aliphatic hydroxyl groups is 1. The Balaban J connectivity index is 1.34. The molecule has 0 radical (unpaired) electrons. The lowest BCUT2D eigenvalue weighted by molar-refractivity contribution is -0.150. The first-order valence-electron chi connectivity index (χ1n) is 15.5. The Morgan fingerprint density at radius 2 is 1.98 bits per heavy atom. The highest BCUT2D eigenvalue weighted by molar-refractivity contribution is 6.71. The fourth-order valence-electron chi connectivity index (χ4n) is 7.93. The third-order valence-corrected chi connectivity index (χ3v) is 12.6. The van der Waals surface area contributed by atoms with E-state index in [1.54, 1.807) is 26.8 Å². The number of halogens is 1. The molecule has 2 aromatic carbocycles. The van der Waals surface area contributed by atoms with Crippen molar-refractivity contribution in [3.05, 3.63) is 58.6 Å². The molecule has 0 aliphatic carbocycles. The Morgan fingerprint density at radius 3 is 2.70 bits per heavy atom. The summed E-state index contributed by atoms with van der Waals surface area (Å²) in [6, 6.07) is 12.8. The molecular weight excluding hydrogens is 600 g/mol. The van der Waals surface area contributed by atoms with Gasteiger partial charge in [0.2, 0.25) is 11.8 Å². The van der Waals surface area contributed by atoms with Gasteiger partial charge in [-0.3, -0.25) is 14.4 Å². The molecule has 0 unspecified atom stereocenters. The number of fused-ring (bicyclic) bond motifs is 2. The number of carbonyl (C=O) groups is 3. The first-order valence-corrected chi connectivity index (χ1v) is 18.9. The minimum Gasteiger partial charge on any atom is -0.432 e. The first-order chi connectivity index (χ1) is 21.0. The maximum absolute atomic E-state index is 14.7. The average Bonchev–Trinajstić information content (AvgIpc) is 3.64. The van der Waals surface area contributed by atoms with Crippen molar-refractivity contribution in [3.63, 3.8) is 0 Å². The number of benzene rings is 2. The van der Waals surface area contributed by atoms with Crippen LogP contribution in [0.2, 0.25) is 23.7 Å². The number of amides is 3. The van der Waals surface area contributed by atoms with Crippen molar-refractivity contribution in [3.8, 4) is 0 Å². The van der Waals surface area contributed by atoms with Crippen LogP contribution in [-0.4, -0.2) is 85.8 Å². The summed E-state index contributed by atoms with van der Waals surface area (Å²) in [5.41, 5.74) is 1.14. The zero-order valence-electron chi connectivity index (χ0n) is 25.5. The smallest absolute Gasteiger partial charge is 0.264 e. The number of nitrogens with zero attached hydrogens (tertiary/aromatic N) is 3. The molecule has 0 aromatic heterocycles. The molecule has 3 fully saturated rings. The predicted molar refractivity (Wildman–Crippen MR) is 170 cm³/mol. The maximum atomic E-state index is 14.7. The molecule has 3 saturated heterocycles. The monoisotopic (exact) mass is 640 g/mol. The van der Waals surface area contributed by atoms with E-state index in [4.69, 9.17) is 16.3 Å². The summed E-state index contributed by atoms with van der Waals surface area (Å²) in [6.07, 6.45) is 0.924. The standard InChI is InChI=1S/C32H41ClN4O6Si/c1-20-30(44(2,3)42)27(16-28(39)35-12-5-8-24(35)19-38)43-32(20)25-15-22(33)9-10-26(25)37(31(32)41)18-21-6-4-7-23(14-21)36-13-11-34-17-29(36)40/h4,6-7,9-10,14-15,20,24,27,30,34,38,42H,5,8,11-13,16-19H2,1-3H3/t20-,24-,27+,30-,32+/m0/s1. The summed E-state index contributed by atoms with van der Waals surface area (Å²) < 4.78 is 6.81. The summed E-state index contributed by atoms with van der Waals surface area (Å²) in [5, 5.41) is 13.4. The molecule has 3 amide bonds. The minimum absolute atomic E-state index is 0.000532. The number of nitrogens with one attached hydrogen (secondary N) is 1. The van der Waals surface area contributed by atoms with Crippen LogP contribution in [0.25, 0.3) is 0 Å². The van der Waals surface area contributed by atoms with E-state index in [1.807, 2.05) is 50.3 Å². The summed E-state index contributed by atoms with van der Waals surface area (Å²) in [5.74, 6) is -0.816. The number of likely N-dealkylation sites (tertiary alicyclic amines) is 1. The van der Waals surface area contributed by atoms with Gasteiger partial charge in [-0.2, -0.15) is 0 Å². The van der Waals surface area contributed by atoms with E-state index < -0.39 is 31.5 Å². The molecule has 12 heteroatoms. The number of rotatable bonds is 7. The van der Waals surface area contributed by atoms with E-state index in [2.05, 4.69) is 5.32 Å². The van der Waals surface area contributed by atoms with Gasteiger partial charge in [-0.1, -0.05) is 30.7 Å². The number of aliphatic hydroxyl groups excluding tert-OH is 1. The highest BCUT2D eigenvalue weighted by Gasteiger charge is 2.66. The van der Waals surface area contributed by atoms with Crippen molar-refractivity contribution in [2.45, 2.75) is 69.1 Å².